The summed E-state index contributed by atoms with van der Waals surface area (Å²) in [5, 5.41) is 8.56. The Labute approximate surface area is 299 Å². The van der Waals surface area contributed by atoms with Gasteiger partial charge in [0.15, 0.2) is 5.82 Å². The fourth-order valence-electron chi connectivity index (χ4n) is 8.29. The van der Waals surface area contributed by atoms with Crippen molar-refractivity contribution < 1.29 is 0 Å². The first-order valence-electron chi connectivity index (χ1n) is 17.7. The van der Waals surface area contributed by atoms with Crippen molar-refractivity contribution in [3.63, 3.8) is 0 Å². The Morgan fingerprint density at radius 1 is 0.327 bits per heavy atom. The van der Waals surface area contributed by atoms with Crippen molar-refractivity contribution in [1.29, 1.82) is 0 Å². The van der Waals surface area contributed by atoms with Crippen molar-refractivity contribution in [3.05, 3.63) is 182 Å². The van der Waals surface area contributed by atoms with E-state index in [9.17, 15) is 0 Å². The first kappa shape index (κ1) is 28.8. The summed E-state index contributed by atoms with van der Waals surface area (Å²) in [6.45, 7) is 0. The third kappa shape index (κ3) is 4.15. The van der Waals surface area contributed by atoms with E-state index in [0.29, 0.717) is 5.82 Å². The van der Waals surface area contributed by atoms with E-state index >= 15 is 0 Å². The van der Waals surface area contributed by atoms with Gasteiger partial charge in [-0.25, -0.2) is 9.97 Å². The first-order chi connectivity index (χ1) is 25.8. The van der Waals surface area contributed by atoms with Crippen LogP contribution in [0.4, 0.5) is 0 Å². The normalized spacial score (nSPS) is 11.8. The Bertz CT molecular complexity index is 3160. The maximum atomic E-state index is 5.16. The SMILES string of the molecule is c1ccc(-c2nc(-c3ccc(-n4c5ccccc5c5c6ccccc6c6c7ccccc7n(-c7ccccc7)c6c54)cc3)nc3ccccc23)cc1. The maximum Gasteiger partial charge on any atom is 0.160 e. The number of rotatable bonds is 4. The van der Waals surface area contributed by atoms with Gasteiger partial charge in [0.1, 0.15) is 0 Å². The van der Waals surface area contributed by atoms with Gasteiger partial charge in [0, 0.05) is 49.4 Å². The van der Waals surface area contributed by atoms with Crippen molar-refractivity contribution >= 4 is 65.3 Å². The number of aromatic nitrogens is 4. The van der Waals surface area contributed by atoms with Crippen LogP contribution in [0.1, 0.15) is 0 Å². The minimum Gasteiger partial charge on any atom is -0.307 e. The lowest BCUT2D eigenvalue weighted by atomic mass is 9.98. The molecule has 0 unspecified atom stereocenters. The monoisotopic (exact) mass is 662 g/mol. The molecule has 0 atom stereocenters. The highest BCUT2D eigenvalue weighted by atomic mass is 15.0. The molecule has 52 heavy (non-hydrogen) atoms. The molecule has 0 aliphatic carbocycles. The molecule has 11 aromatic rings. The molecule has 3 aromatic heterocycles. The van der Waals surface area contributed by atoms with Gasteiger partial charge in [-0.2, -0.15) is 0 Å². The van der Waals surface area contributed by atoms with Crippen LogP contribution < -0.4 is 0 Å². The molecule has 0 aliphatic rings. The van der Waals surface area contributed by atoms with Crippen molar-refractivity contribution in [2.75, 3.05) is 0 Å². The van der Waals surface area contributed by atoms with Crippen LogP contribution in [0.3, 0.4) is 0 Å². The number of fused-ring (bicyclic) bond motifs is 11. The van der Waals surface area contributed by atoms with Gasteiger partial charge in [-0.15, -0.1) is 0 Å². The molecule has 0 saturated carbocycles. The van der Waals surface area contributed by atoms with Crippen LogP contribution in [0.25, 0.3) is 99.3 Å². The van der Waals surface area contributed by atoms with Crippen LogP contribution in [0.2, 0.25) is 0 Å². The molecule has 0 bridgehead atoms. The van der Waals surface area contributed by atoms with Gasteiger partial charge in [-0.1, -0.05) is 127 Å². The molecule has 4 nitrogen and oxygen atoms in total. The summed E-state index contributed by atoms with van der Waals surface area (Å²) in [5.74, 6) is 0.712. The van der Waals surface area contributed by atoms with Gasteiger partial charge in [0.2, 0.25) is 0 Å². The number of hydrogen-bond acceptors (Lipinski definition) is 2. The van der Waals surface area contributed by atoms with Gasteiger partial charge in [-0.05, 0) is 65.4 Å². The molecule has 0 saturated heterocycles. The summed E-state index contributed by atoms with van der Waals surface area (Å²) in [6.07, 6.45) is 0. The minimum absolute atomic E-state index is 0.712. The first-order valence-corrected chi connectivity index (χ1v) is 17.7. The van der Waals surface area contributed by atoms with Crippen LogP contribution in [-0.4, -0.2) is 19.1 Å². The Morgan fingerprint density at radius 3 is 1.38 bits per heavy atom. The fraction of sp³-hybridized carbons (Fsp3) is 0. The van der Waals surface area contributed by atoms with Gasteiger partial charge >= 0.3 is 0 Å². The summed E-state index contributed by atoms with van der Waals surface area (Å²) in [5.41, 5.74) is 10.9. The number of nitrogens with zero attached hydrogens (tertiary/aromatic N) is 4. The van der Waals surface area contributed by atoms with E-state index in [1.165, 1.54) is 54.4 Å². The third-order valence-corrected chi connectivity index (χ3v) is 10.5. The highest BCUT2D eigenvalue weighted by molar-refractivity contribution is 6.36. The van der Waals surface area contributed by atoms with E-state index in [0.717, 1.165) is 39.1 Å². The zero-order valence-corrected chi connectivity index (χ0v) is 28.1. The van der Waals surface area contributed by atoms with Gasteiger partial charge in [-0.3, -0.25) is 0 Å². The average Bonchev–Trinajstić information content (AvgIpc) is 3.75. The highest BCUT2D eigenvalue weighted by Gasteiger charge is 2.24. The van der Waals surface area contributed by atoms with Crippen molar-refractivity contribution in [2.45, 2.75) is 0 Å². The summed E-state index contributed by atoms with van der Waals surface area (Å²) in [6, 6.07) is 64.7. The molecule has 0 spiro atoms. The number of benzene rings is 8. The summed E-state index contributed by atoms with van der Waals surface area (Å²) in [4.78, 5) is 10.2. The molecule has 3 heterocycles. The molecule has 242 valence electrons. The Morgan fingerprint density at radius 2 is 0.788 bits per heavy atom. The van der Waals surface area contributed by atoms with E-state index in [1.54, 1.807) is 0 Å². The highest BCUT2D eigenvalue weighted by Crippen LogP contribution is 2.46. The Hall–Kier alpha value is -7.04. The Balaban J connectivity index is 1.22. The second kappa shape index (κ2) is 11.2. The molecule has 0 radical (unpaired) electrons. The molecule has 4 heteroatoms. The molecule has 0 aliphatic heterocycles. The van der Waals surface area contributed by atoms with Crippen LogP contribution in [0, 0.1) is 0 Å². The van der Waals surface area contributed by atoms with Crippen LogP contribution >= 0.6 is 0 Å². The second-order valence-corrected chi connectivity index (χ2v) is 13.4. The molecule has 11 rings (SSSR count). The van der Waals surface area contributed by atoms with Crippen LogP contribution in [-0.2, 0) is 0 Å². The lowest BCUT2D eigenvalue weighted by Gasteiger charge is -2.14. The molecule has 0 fully saturated rings. The zero-order valence-electron chi connectivity index (χ0n) is 28.1. The van der Waals surface area contributed by atoms with Crippen LogP contribution in [0.5, 0.6) is 0 Å². The molecular formula is C48H30N4. The van der Waals surface area contributed by atoms with Crippen molar-refractivity contribution in [1.82, 2.24) is 19.1 Å². The zero-order chi connectivity index (χ0) is 34.2. The van der Waals surface area contributed by atoms with E-state index in [-0.39, 0.29) is 0 Å². The van der Waals surface area contributed by atoms with Crippen molar-refractivity contribution in [2.24, 2.45) is 0 Å². The van der Waals surface area contributed by atoms with E-state index in [1.807, 2.05) is 12.1 Å². The molecule has 0 amide bonds. The van der Waals surface area contributed by atoms with Crippen LogP contribution in [0.15, 0.2) is 182 Å². The fourth-order valence-corrected chi connectivity index (χ4v) is 8.29. The number of para-hydroxylation sites is 4. The molecule has 0 N–H and O–H groups in total. The Kier molecular flexibility index (Phi) is 6.22. The lowest BCUT2D eigenvalue weighted by Crippen LogP contribution is -1.99. The standard InChI is InChI=1S/C48H30N4/c1-3-15-31(16-4-1)45-37-21-9-12-24-40(37)49-48(50-45)32-27-29-34(30-28-32)52-42-26-14-11-23-39(42)44-36-20-8-7-19-35(36)43-38-22-10-13-25-41(38)51(46(43)47(44)52)33-17-5-2-6-18-33/h1-30H. The van der Waals surface area contributed by atoms with E-state index < -0.39 is 0 Å². The van der Waals surface area contributed by atoms with Gasteiger partial charge < -0.3 is 9.13 Å². The smallest absolute Gasteiger partial charge is 0.160 e. The topological polar surface area (TPSA) is 35.6 Å². The predicted octanol–water partition coefficient (Wildman–Crippen LogP) is 12.3. The maximum absolute atomic E-state index is 5.16. The molecule has 8 aromatic carbocycles. The largest absolute Gasteiger partial charge is 0.307 e. The van der Waals surface area contributed by atoms with Gasteiger partial charge in [0.25, 0.3) is 0 Å². The van der Waals surface area contributed by atoms with E-state index in [2.05, 4.69) is 179 Å². The second-order valence-electron chi connectivity index (χ2n) is 13.4. The average molecular weight is 663 g/mol. The number of hydrogen-bond donors (Lipinski definition) is 0. The lowest BCUT2D eigenvalue weighted by molar-refractivity contribution is 1.15. The summed E-state index contributed by atoms with van der Waals surface area (Å²) >= 11 is 0. The third-order valence-electron chi connectivity index (χ3n) is 10.5. The minimum atomic E-state index is 0.712. The summed E-state index contributed by atoms with van der Waals surface area (Å²) < 4.78 is 4.91. The van der Waals surface area contributed by atoms with Crippen molar-refractivity contribution in [3.8, 4) is 34.0 Å². The van der Waals surface area contributed by atoms with Gasteiger partial charge in [0.05, 0.1) is 33.3 Å². The molecular weight excluding hydrogens is 633 g/mol. The predicted molar refractivity (Wildman–Crippen MR) is 217 cm³/mol. The summed E-state index contributed by atoms with van der Waals surface area (Å²) in [7, 11) is 0. The van der Waals surface area contributed by atoms with E-state index in [4.69, 9.17) is 9.97 Å². The quantitative estimate of drug-likeness (QED) is 0.188.